The molecule has 0 fully saturated rings. The number of benzene rings is 1. The molecule has 0 saturated carbocycles. The fourth-order valence-corrected chi connectivity index (χ4v) is 4.54. The third-order valence-electron chi connectivity index (χ3n) is 6.87. The molecule has 9 nitrogen and oxygen atoms in total. The molecule has 0 aromatic heterocycles. The highest BCUT2D eigenvalue weighted by molar-refractivity contribution is 5.92. The summed E-state index contributed by atoms with van der Waals surface area (Å²) in [5.41, 5.74) is 6.44. The number of alkyl carbamates (subject to hydrolysis) is 1. The monoisotopic (exact) mass is 574 g/mol. The largest absolute Gasteiger partial charge is 0.444 e. The molecule has 0 aliphatic carbocycles. The summed E-state index contributed by atoms with van der Waals surface area (Å²) in [5.74, 6) is -0.929. The number of nitrogens with zero attached hydrogens (tertiary/aromatic N) is 1. The summed E-state index contributed by atoms with van der Waals surface area (Å²) in [4.78, 5) is 54.3. The van der Waals surface area contributed by atoms with Gasteiger partial charge in [-0.05, 0) is 76.8 Å². The fourth-order valence-electron chi connectivity index (χ4n) is 4.54. The van der Waals surface area contributed by atoms with Crippen molar-refractivity contribution >= 4 is 23.8 Å². The quantitative estimate of drug-likeness (QED) is 0.214. The number of nitrogens with two attached hydrogens (primary N) is 1. The molecule has 0 spiro atoms. The van der Waals surface area contributed by atoms with Crippen LogP contribution in [0, 0.1) is 5.92 Å². The van der Waals surface area contributed by atoms with E-state index in [1.807, 2.05) is 31.2 Å². The van der Waals surface area contributed by atoms with Crippen LogP contribution in [-0.4, -0.2) is 52.9 Å². The maximum Gasteiger partial charge on any atom is 0.408 e. The zero-order chi connectivity index (χ0) is 31.2. The van der Waals surface area contributed by atoms with Gasteiger partial charge >= 0.3 is 6.09 Å². The highest BCUT2D eigenvalue weighted by Crippen LogP contribution is 2.28. The van der Waals surface area contributed by atoms with E-state index in [1.54, 1.807) is 25.7 Å². The van der Waals surface area contributed by atoms with E-state index >= 15 is 0 Å². The third-order valence-corrected chi connectivity index (χ3v) is 6.87. The van der Waals surface area contributed by atoms with Crippen LogP contribution >= 0.6 is 0 Å². The minimum absolute atomic E-state index is 0.0135. The molecule has 3 unspecified atom stereocenters. The SMILES string of the molecule is CCCCCNC(=O)C(c1ccc(CC)cc1)N(C(=O)C(CCC(N)=O)NC(=O)OC(C)(C)C)C(C)CCC(C)C. The highest BCUT2D eigenvalue weighted by atomic mass is 16.6. The summed E-state index contributed by atoms with van der Waals surface area (Å²) in [6.07, 6.45) is 4.29. The van der Waals surface area contributed by atoms with Crippen LogP contribution < -0.4 is 16.4 Å². The van der Waals surface area contributed by atoms with Crippen molar-refractivity contribution in [3.8, 4) is 0 Å². The Hall–Kier alpha value is -3.10. The maximum absolute atomic E-state index is 14.4. The minimum Gasteiger partial charge on any atom is -0.444 e. The summed E-state index contributed by atoms with van der Waals surface area (Å²) < 4.78 is 5.42. The van der Waals surface area contributed by atoms with Crippen LogP contribution in [0.25, 0.3) is 0 Å². The summed E-state index contributed by atoms with van der Waals surface area (Å²) in [5, 5.41) is 5.70. The van der Waals surface area contributed by atoms with Gasteiger partial charge in [0, 0.05) is 19.0 Å². The number of carbonyl (C=O) groups is 4. The Labute approximate surface area is 247 Å². The first-order valence-corrected chi connectivity index (χ1v) is 15.2. The second-order valence-corrected chi connectivity index (χ2v) is 12.3. The second-order valence-electron chi connectivity index (χ2n) is 12.3. The average Bonchev–Trinajstić information content (AvgIpc) is 2.89. The van der Waals surface area contributed by atoms with E-state index < -0.39 is 35.6 Å². The molecule has 4 amide bonds. The second kappa shape index (κ2) is 17.7. The van der Waals surface area contributed by atoms with E-state index in [1.165, 1.54) is 0 Å². The number of unbranched alkanes of at least 4 members (excludes halogenated alkanes) is 2. The lowest BCUT2D eigenvalue weighted by Gasteiger charge is -2.39. The molecule has 3 atom stereocenters. The summed E-state index contributed by atoms with van der Waals surface area (Å²) in [6, 6.07) is 5.36. The van der Waals surface area contributed by atoms with Gasteiger partial charge in [0.05, 0.1) is 0 Å². The normalized spacial score (nSPS) is 13.7. The number of primary amides is 1. The van der Waals surface area contributed by atoms with Gasteiger partial charge in [0.25, 0.3) is 0 Å². The molecule has 1 aromatic carbocycles. The van der Waals surface area contributed by atoms with Gasteiger partial charge in [-0.2, -0.15) is 0 Å². The maximum atomic E-state index is 14.4. The molecule has 0 aliphatic heterocycles. The number of aryl methyl sites for hydroxylation is 1. The van der Waals surface area contributed by atoms with Gasteiger partial charge in [0.1, 0.15) is 17.7 Å². The Bertz CT molecular complexity index is 971. The summed E-state index contributed by atoms with van der Waals surface area (Å²) >= 11 is 0. The lowest BCUT2D eigenvalue weighted by Crippen LogP contribution is -2.55. The third kappa shape index (κ3) is 13.4. The van der Waals surface area contributed by atoms with Crippen LogP contribution in [0.5, 0.6) is 0 Å². The molecule has 1 rings (SSSR count). The van der Waals surface area contributed by atoms with E-state index in [-0.39, 0.29) is 24.8 Å². The lowest BCUT2D eigenvalue weighted by molar-refractivity contribution is -0.145. The molecule has 0 saturated heterocycles. The molecule has 1 aromatic rings. The zero-order valence-corrected chi connectivity index (χ0v) is 26.5. The molecule has 0 heterocycles. The highest BCUT2D eigenvalue weighted by Gasteiger charge is 2.38. The van der Waals surface area contributed by atoms with Crippen molar-refractivity contribution in [3.05, 3.63) is 35.4 Å². The van der Waals surface area contributed by atoms with Crippen LogP contribution in [0.15, 0.2) is 24.3 Å². The van der Waals surface area contributed by atoms with Crippen LogP contribution in [-0.2, 0) is 25.5 Å². The van der Waals surface area contributed by atoms with Gasteiger partial charge in [-0.15, -0.1) is 0 Å². The van der Waals surface area contributed by atoms with Crippen molar-refractivity contribution in [1.82, 2.24) is 15.5 Å². The van der Waals surface area contributed by atoms with Gasteiger partial charge < -0.3 is 26.0 Å². The summed E-state index contributed by atoms with van der Waals surface area (Å²) in [6.45, 7) is 16.0. The van der Waals surface area contributed by atoms with Crippen molar-refractivity contribution < 1.29 is 23.9 Å². The lowest BCUT2D eigenvalue weighted by atomic mass is 9.95. The van der Waals surface area contributed by atoms with Gasteiger partial charge in [0.15, 0.2) is 0 Å². The van der Waals surface area contributed by atoms with Crippen LogP contribution in [0.4, 0.5) is 4.79 Å². The molecular formula is C32H54N4O5. The standard InChI is InChI=1S/C32H54N4O5/c1-9-11-12-21-34-29(38)28(25-17-15-24(10-2)16-18-25)36(23(5)14-13-22(3)4)30(39)26(19-20-27(33)37)35-31(40)41-32(6,7)8/h15-18,22-23,26,28H,9-14,19-21H2,1-8H3,(H2,33,37)(H,34,38)(H,35,40). The molecule has 9 heteroatoms. The van der Waals surface area contributed by atoms with Crippen molar-refractivity contribution in [3.63, 3.8) is 0 Å². The fraction of sp³-hybridized carbons (Fsp3) is 0.688. The molecule has 0 aliphatic rings. The van der Waals surface area contributed by atoms with Gasteiger partial charge in [-0.25, -0.2) is 4.79 Å². The van der Waals surface area contributed by atoms with E-state index in [2.05, 4.69) is 38.3 Å². The molecular weight excluding hydrogens is 520 g/mol. The number of rotatable bonds is 17. The van der Waals surface area contributed by atoms with Crippen molar-refractivity contribution in [2.75, 3.05) is 6.54 Å². The van der Waals surface area contributed by atoms with Crippen LogP contribution in [0.1, 0.15) is 118 Å². The predicted octanol–water partition coefficient (Wildman–Crippen LogP) is 5.41. The van der Waals surface area contributed by atoms with Crippen LogP contribution in [0.2, 0.25) is 0 Å². The molecule has 0 radical (unpaired) electrons. The topological polar surface area (TPSA) is 131 Å². The first-order chi connectivity index (χ1) is 19.2. The Morgan fingerprint density at radius 1 is 0.951 bits per heavy atom. The van der Waals surface area contributed by atoms with Crippen molar-refractivity contribution in [2.24, 2.45) is 11.7 Å². The Morgan fingerprint density at radius 2 is 1.59 bits per heavy atom. The van der Waals surface area contributed by atoms with Gasteiger partial charge in [-0.1, -0.05) is 64.8 Å². The van der Waals surface area contributed by atoms with Gasteiger partial charge in [0.2, 0.25) is 17.7 Å². The number of hydrogen-bond acceptors (Lipinski definition) is 5. The van der Waals surface area contributed by atoms with Crippen molar-refractivity contribution in [1.29, 1.82) is 0 Å². The van der Waals surface area contributed by atoms with E-state index in [0.717, 1.165) is 37.7 Å². The molecule has 4 N–H and O–H groups in total. The first kappa shape index (κ1) is 35.9. The smallest absolute Gasteiger partial charge is 0.408 e. The number of nitrogens with one attached hydrogen (secondary N) is 2. The summed E-state index contributed by atoms with van der Waals surface area (Å²) in [7, 11) is 0. The van der Waals surface area contributed by atoms with Crippen LogP contribution in [0.3, 0.4) is 0 Å². The van der Waals surface area contributed by atoms with E-state index in [4.69, 9.17) is 10.5 Å². The predicted molar refractivity (Wildman–Crippen MR) is 163 cm³/mol. The Kier molecular flexibility index (Phi) is 15.5. The number of hydrogen-bond donors (Lipinski definition) is 3. The Balaban J connectivity index is 3.60. The molecule has 0 bridgehead atoms. The zero-order valence-electron chi connectivity index (χ0n) is 26.5. The minimum atomic E-state index is -1.11. The molecule has 232 valence electrons. The first-order valence-electron chi connectivity index (χ1n) is 15.2. The average molecular weight is 575 g/mol. The van der Waals surface area contributed by atoms with Crippen molar-refractivity contribution in [2.45, 2.75) is 130 Å². The van der Waals surface area contributed by atoms with Gasteiger partial charge in [-0.3, -0.25) is 14.4 Å². The number of carbonyl (C=O) groups excluding carboxylic acids is 4. The Morgan fingerprint density at radius 3 is 2.10 bits per heavy atom. The number of ether oxygens (including phenoxy) is 1. The van der Waals surface area contributed by atoms with E-state index in [9.17, 15) is 19.2 Å². The molecule has 41 heavy (non-hydrogen) atoms. The number of amides is 4. The van der Waals surface area contributed by atoms with E-state index in [0.29, 0.717) is 24.4 Å².